The molecule has 0 aromatic heterocycles. The van der Waals surface area contributed by atoms with Crippen molar-refractivity contribution in [1.29, 1.82) is 5.26 Å². The smallest absolute Gasteiger partial charge is 0.127 e. The highest BCUT2D eigenvalue weighted by Gasteiger charge is 2.41. The molecular weight excluding hydrogens is 317 g/mol. The predicted octanol–water partition coefficient (Wildman–Crippen LogP) is 3.49. The summed E-state index contributed by atoms with van der Waals surface area (Å²) in [6.07, 6.45) is 7.07. The molecule has 0 saturated carbocycles. The highest BCUT2D eigenvalue weighted by Crippen LogP contribution is 2.48. The third-order valence-corrected chi connectivity index (χ3v) is 4.20. The SMILES string of the molecule is Cl.N#CC1(CCCCO)C=CC=C(CO)C1c1ccccc1F. The largest absolute Gasteiger partial charge is 0.396 e. The number of benzene rings is 1. The van der Waals surface area contributed by atoms with Crippen molar-refractivity contribution in [2.45, 2.75) is 25.2 Å². The summed E-state index contributed by atoms with van der Waals surface area (Å²) in [4.78, 5) is 0. The number of aliphatic hydroxyl groups excluding tert-OH is 2. The van der Waals surface area contributed by atoms with Gasteiger partial charge in [-0.15, -0.1) is 12.4 Å². The fourth-order valence-electron chi connectivity index (χ4n) is 3.11. The van der Waals surface area contributed by atoms with E-state index in [-0.39, 0.29) is 31.4 Å². The topological polar surface area (TPSA) is 64.2 Å². The molecule has 2 atom stereocenters. The Labute approximate surface area is 142 Å². The summed E-state index contributed by atoms with van der Waals surface area (Å²) >= 11 is 0. The number of nitrogens with zero attached hydrogens (tertiary/aromatic N) is 1. The van der Waals surface area contributed by atoms with Crippen molar-refractivity contribution in [1.82, 2.24) is 0 Å². The maximum Gasteiger partial charge on any atom is 0.127 e. The molecule has 124 valence electrons. The second-order valence-electron chi connectivity index (χ2n) is 5.55. The van der Waals surface area contributed by atoms with Gasteiger partial charge >= 0.3 is 0 Å². The Morgan fingerprint density at radius 1 is 1.22 bits per heavy atom. The third kappa shape index (κ3) is 4.00. The Kier molecular flexibility index (Phi) is 7.44. The van der Waals surface area contributed by atoms with Crippen molar-refractivity contribution in [2.75, 3.05) is 13.2 Å². The number of allylic oxidation sites excluding steroid dienone is 3. The van der Waals surface area contributed by atoms with Gasteiger partial charge < -0.3 is 10.2 Å². The first kappa shape index (κ1) is 19.4. The van der Waals surface area contributed by atoms with Crippen LogP contribution in [-0.2, 0) is 0 Å². The van der Waals surface area contributed by atoms with Crippen molar-refractivity contribution in [3.63, 3.8) is 0 Å². The number of aliphatic hydroxyl groups is 2. The maximum absolute atomic E-state index is 14.3. The molecule has 2 unspecified atom stereocenters. The highest BCUT2D eigenvalue weighted by molar-refractivity contribution is 5.85. The standard InChI is InChI=1S/C18H20FNO2.ClH/c19-16-8-2-1-7-15(16)17-14(12-22)6-5-10-18(17,13-20)9-3-4-11-21;/h1-2,5-8,10,17,21-22H,3-4,9,11-12H2;1H. The van der Waals surface area contributed by atoms with E-state index >= 15 is 0 Å². The van der Waals surface area contributed by atoms with Gasteiger partial charge in [-0.1, -0.05) is 36.4 Å². The fraction of sp³-hybridized carbons (Fsp3) is 0.389. The third-order valence-electron chi connectivity index (χ3n) is 4.20. The number of unbranched alkanes of at least 4 members (excludes halogenated alkanes) is 1. The minimum absolute atomic E-state index is 0. The maximum atomic E-state index is 14.3. The normalized spacial score (nSPS) is 22.9. The second kappa shape index (κ2) is 8.83. The molecule has 0 fully saturated rings. The Bertz CT molecular complexity index is 624. The van der Waals surface area contributed by atoms with Gasteiger partial charge in [0.15, 0.2) is 0 Å². The zero-order valence-electron chi connectivity index (χ0n) is 12.8. The van der Waals surface area contributed by atoms with Crippen molar-refractivity contribution in [3.8, 4) is 6.07 Å². The molecule has 0 saturated heterocycles. The Morgan fingerprint density at radius 3 is 2.57 bits per heavy atom. The van der Waals surface area contributed by atoms with E-state index in [0.29, 0.717) is 30.4 Å². The summed E-state index contributed by atoms with van der Waals surface area (Å²) in [5, 5.41) is 28.4. The van der Waals surface area contributed by atoms with Crippen LogP contribution in [0.5, 0.6) is 0 Å². The van der Waals surface area contributed by atoms with Gasteiger partial charge in [0.1, 0.15) is 5.82 Å². The zero-order valence-corrected chi connectivity index (χ0v) is 13.6. The van der Waals surface area contributed by atoms with Crippen LogP contribution in [0.25, 0.3) is 0 Å². The summed E-state index contributed by atoms with van der Waals surface area (Å²) in [5.74, 6) is -0.878. The lowest BCUT2D eigenvalue weighted by atomic mass is 9.64. The van der Waals surface area contributed by atoms with Crippen molar-refractivity contribution < 1.29 is 14.6 Å². The second-order valence-corrected chi connectivity index (χ2v) is 5.55. The Balaban J connectivity index is 0.00000264. The van der Waals surface area contributed by atoms with Crippen LogP contribution < -0.4 is 0 Å². The van der Waals surface area contributed by atoms with E-state index in [9.17, 15) is 14.8 Å². The molecule has 2 N–H and O–H groups in total. The molecule has 23 heavy (non-hydrogen) atoms. The first-order valence-electron chi connectivity index (χ1n) is 7.44. The van der Waals surface area contributed by atoms with Gasteiger partial charge in [-0.3, -0.25) is 0 Å². The van der Waals surface area contributed by atoms with Crippen molar-refractivity contribution >= 4 is 12.4 Å². The van der Waals surface area contributed by atoms with E-state index in [0.717, 1.165) is 0 Å². The first-order chi connectivity index (χ1) is 10.7. The van der Waals surface area contributed by atoms with E-state index in [1.165, 1.54) is 6.07 Å². The van der Waals surface area contributed by atoms with Gasteiger partial charge in [0.25, 0.3) is 0 Å². The molecule has 5 heteroatoms. The lowest BCUT2D eigenvalue weighted by Crippen LogP contribution is -2.30. The van der Waals surface area contributed by atoms with E-state index < -0.39 is 11.3 Å². The summed E-state index contributed by atoms with van der Waals surface area (Å²) in [6, 6.07) is 8.72. The van der Waals surface area contributed by atoms with Gasteiger partial charge in [0.2, 0.25) is 0 Å². The number of hydrogen-bond donors (Lipinski definition) is 2. The molecule has 1 aromatic rings. The van der Waals surface area contributed by atoms with Gasteiger partial charge in [0, 0.05) is 12.5 Å². The van der Waals surface area contributed by atoms with Crippen LogP contribution in [0.1, 0.15) is 30.7 Å². The van der Waals surface area contributed by atoms with Gasteiger partial charge in [-0.05, 0) is 36.5 Å². The molecule has 3 nitrogen and oxygen atoms in total. The predicted molar refractivity (Wildman–Crippen MR) is 89.7 cm³/mol. The minimum atomic E-state index is -0.899. The number of halogens is 2. The van der Waals surface area contributed by atoms with E-state index in [1.54, 1.807) is 36.4 Å². The molecule has 1 aliphatic rings. The molecule has 0 bridgehead atoms. The quantitative estimate of drug-likeness (QED) is 0.781. The minimum Gasteiger partial charge on any atom is -0.396 e. The van der Waals surface area contributed by atoms with E-state index in [2.05, 4.69) is 6.07 Å². The lowest BCUT2D eigenvalue weighted by molar-refractivity contribution is 0.263. The molecule has 0 amide bonds. The van der Waals surface area contributed by atoms with Crippen LogP contribution in [0.3, 0.4) is 0 Å². The monoisotopic (exact) mass is 337 g/mol. The Morgan fingerprint density at radius 2 is 1.96 bits per heavy atom. The molecule has 0 aliphatic heterocycles. The number of nitriles is 1. The van der Waals surface area contributed by atoms with Crippen molar-refractivity contribution in [2.24, 2.45) is 5.41 Å². The van der Waals surface area contributed by atoms with E-state index in [1.807, 2.05) is 0 Å². The van der Waals surface area contributed by atoms with Crippen LogP contribution in [0, 0.1) is 22.6 Å². The summed E-state index contributed by atoms with van der Waals surface area (Å²) in [5.41, 5.74) is 0.167. The molecule has 0 spiro atoms. The van der Waals surface area contributed by atoms with Crippen molar-refractivity contribution in [3.05, 3.63) is 59.4 Å². The van der Waals surface area contributed by atoms with Crippen LogP contribution in [0.15, 0.2) is 48.1 Å². The average molecular weight is 338 g/mol. The van der Waals surface area contributed by atoms with Crippen LogP contribution in [-0.4, -0.2) is 23.4 Å². The Hall–Kier alpha value is -1.67. The van der Waals surface area contributed by atoms with Gasteiger partial charge in [-0.25, -0.2) is 4.39 Å². The first-order valence-corrected chi connectivity index (χ1v) is 7.44. The highest BCUT2D eigenvalue weighted by atomic mass is 35.5. The number of hydrogen-bond acceptors (Lipinski definition) is 3. The van der Waals surface area contributed by atoms with Crippen LogP contribution in [0.2, 0.25) is 0 Å². The molecule has 2 rings (SSSR count). The molecule has 1 aromatic carbocycles. The van der Waals surface area contributed by atoms with Gasteiger partial charge in [0.05, 0.1) is 18.1 Å². The summed E-state index contributed by atoms with van der Waals surface area (Å²) < 4.78 is 14.3. The molecule has 1 aliphatic carbocycles. The zero-order chi connectivity index (χ0) is 16.0. The fourth-order valence-corrected chi connectivity index (χ4v) is 3.11. The van der Waals surface area contributed by atoms with E-state index in [4.69, 9.17) is 5.11 Å². The van der Waals surface area contributed by atoms with Crippen LogP contribution in [0.4, 0.5) is 4.39 Å². The van der Waals surface area contributed by atoms with Crippen LogP contribution >= 0.6 is 12.4 Å². The molecular formula is C18H21ClFNO2. The molecule has 0 heterocycles. The summed E-state index contributed by atoms with van der Waals surface area (Å²) in [6.45, 7) is -0.148. The average Bonchev–Trinajstić information content (AvgIpc) is 2.55. The lowest BCUT2D eigenvalue weighted by Gasteiger charge is -2.36. The summed E-state index contributed by atoms with van der Waals surface area (Å²) in [7, 11) is 0. The molecule has 0 radical (unpaired) electrons. The van der Waals surface area contributed by atoms with Gasteiger partial charge in [-0.2, -0.15) is 5.26 Å². The number of rotatable bonds is 6.